The lowest BCUT2D eigenvalue weighted by molar-refractivity contribution is -0.125. The topological polar surface area (TPSA) is 38.3 Å². The van der Waals surface area contributed by atoms with Gasteiger partial charge in [-0.15, -0.1) is 0 Å². The van der Waals surface area contributed by atoms with Crippen LogP contribution in [0.3, 0.4) is 0 Å². The normalized spacial score (nSPS) is 21.1. The number of nitrogens with one attached hydrogen (secondary N) is 1. The Morgan fingerprint density at radius 1 is 1.43 bits per heavy atom. The number of ether oxygens (including phenoxy) is 1. The molecule has 3 rings (SSSR count). The maximum absolute atomic E-state index is 11.6. The van der Waals surface area contributed by atoms with Crippen molar-refractivity contribution in [3.05, 3.63) is 22.7 Å². The minimum Gasteiger partial charge on any atom is -0.474 e. The van der Waals surface area contributed by atoms with Gasteiger partial charge in [-0.25, -0.2) is 0 Å². The lowest BCUT2D eigenvalue weighted by atomic mass is 10.2. The fraction of sp³-hybridized carbons (Fsp3) is 0.300. The van der Waals surface area contributed by atoms with Crippen molar-refractivity contribution >= 4 is 27.5 Å². The molecule has 0 unspecified atom stereocenters. The number of para-hydroxylation sites is 1. The Labute approximate surface area is 89.6 Å². The second kappa shape index (κ2) is 2.51. The highest BCUT2D eigenvalue weighted by Gasteiger charge is 2.55. The van der Waals surface area contributed by atoms with E-state index in [1.165, 1.54) is 0 Å². The molecule has 2 aliphatic rings. The quantitative estimate of drug-likeness (QED) is 0.771. The van der Waals surface area contributed by atoms with E-state index in [2.05, 4.69) is 21.2 Å². The van der Waals surface area contributed by atoms with E-state index >= 15 is 0 Å². The standard InChI is InChI=1S/C10H8BrNO2/c11-6-2-1-3-7-8(6)14-10(4-5-10)9(13)12-7/h1-3H,4-5H2,(H,12,13). The van der Waals surface area contributed by atoms with Crippen molar-refractivity contribution in [2.45, 2.75) is 18.4 Å². The molecule has 1 aromatic rings. The first kappa shape index (κ1) is 8.29. The number of anilines is 1. The van der Waals surface area contributed by atoms with Crippen LogP contribution in [0.2, 0.25) is 0 Å². The fourth-order valence-electron chi connectivity index (χ4n) is 1.63. The van der Waals surface area contributed by atoms with Crippen molar-refractivity contribution in [2.24, 2.45) is 0 Å². The molecule has 14 heavy (non-hydrogen) atoms. The highest BCUT2D eigenvalue weighted by Crippen LogP contribution is 2.48. The Bertz CT molecular complexity index is 426. The molecule has 1 saturated carbocycles. The van der Waals surface area contributed by atoms with Crippen LogP contribution in [-0.4, -0.2) is 11.5 Å². The summed E-state index contributed by atoms with van der Waals surface area (Å²) in [5, 5.41) is 2.86. The van der Waals surface area contributed by atoms with Crippen LogP contribution in [0, 0.1) is 0 Å². The SMILES string of the molecule is O=C1Nc2cccc(Br)c2OC12CC2. The summed E-state index contributed by atoms with van der Waals surface area (Å²) in [6, 6.07) is 5.62. The predicted octanol–water partition coefficient (Wildman–Crippen LogP) is 2.31. The van der Waals surface area contributed by atoms with Gasteiger partial charge in [0.25, 0.3) is 5.91 Å². The maximum Gasteiger partial charge on any atom is 0.268 e. The first-order valence-electron chi connectivity index (χ1n) is 4.50. The van der Waals surface area contributed by atoms with Gasteiger partial charge in [0.05, 0.1) is 10.2 Å². The van der Waals surface area contributed by atoms with Crippen LogP contribution in [0.25, 0.3) is 0 Å². The van der Waals surface area contributed by atoms with E-state index in [0.29, 0.717) is 0 Å². The first-order valence-corrected chi connectivity index (χ1v) is 5.30. The molecule has 0 saturated heterocycles. The Morgan fingerprint density at radius 3 is 2.93 bits per heavy atom. The molecule has 72 valence electrons. The van der Waals surface area contributed by atoms with E-state index in [0.717, 1.165) is 28.8 Å². The molecule has 0 aromatic heterocycles. The smallest absolute Gasteiger partial charge is 0.268 e. The molecule has 1 spiro atoms. The second-order valence-corrected chi connectivity index (χ2v) is 4.52. The third-order valence-electron chi connectivity index (χ3n) is 2.63. The molecule has 3 nitrogen and oxygen atoms in total. The predicted molar refractivity (Wildman–Crippen MR) is 55.4 cm³/mol. The lowest BCUT2D eigenvalue weighted by Crippen LogP contribution is -2.39. The summed E-state index contributed by atoms with van der Waals surface area (Å²) in [4.78, 5) is 11.6. The molecule has 0 atom stereocenters. The Kier molecular flexibility index (Phi) is 1.49. The van der Waals surface area contributed by atoms with Gasteiger partial charge in [-0.3, -0.25) is 4.79 Å². The Morgan fingerprint density at radius 2 is 2.21 bits per heavy atom. The zero-order valence-corrected chi connectivity index (χ0v) is 8.93. The van der Waals surface area contributed by atoms with E-state index in [-0.39, 0.29) is 5.91 Å². The summed E-state index contributed by atoms with van der Waals surface area (Å²) < 4.78 is 6.60. The van der Waals surface area contributed by atoms with Crippen LogP contribution < -0.4 is 10.1 Å². The lowest BCUT2D eigenvalue weighted by Gasteiger charge is -2.26. The van der Waals surface area contributed by atoms with E-state index in [4.69, 9.17) is 4.74 Å². The molecule has 4 heteroatoms. The van der Waals surface area contributed by atoms with Crippen LogP contribution in [0.5, 0.6) is 5.75 Å². The van der Waals surface area contributed by atoms with Crippen LogP contribution in [0.15, 0.2) is 22.7 Å². The number of fused-ring (bicyclic) bond motifs is 1. The average molecular weight is 254 g/mol. The van der Waals surface area contributed by atoms with E-state index < -0.39 is 5.60 Å². The van der Waals surface area contributed by atoms with Crippen LogP contribution in [0.4, 0.5) is 5.69 Å². The number of hydrogen-bond acceptors (Lipinski definition) is 2. The van der Waals surface area contributed by atoms with Crippen molar-refractivity contribution in [1.82, 2.24) is 0 Å². The number of amides is 1. The molecular weight excluding hydrogens is 246 g/mol. The molecule has 0 bridgehead atoms. The van der Waals surface area contributed by atoms with Gasteiger partial charge in [0.15, 0.2) is 11.4 Å². The van der Waals surface area contributed by atoms with E-state index in [9.17, 15) is 4.79 Å². The summed E-state index contributed by atoms with van der Waals surface area (Å²) in [6.07, 6.45) is 1.64. The fourth-order valence-corrected chi connectivity index (χ4v) is 2.08. The van der Waals surface area contributed by atoms with Gasteiger partial charge in [0, 0.05) is 12.8 Å². The van der Waals surface area contributed by atoms with Crippen molar-refractivity contribution in [2.75, 3.05) is 5.32 Å². The zero-order valence-electron chi connectivity index (χ0n) is 7.34. The van der Waals surface area contributed by atoms with Gasteiger partial charge in [0.1, 0.15) is 0 Å². The highest BCUT2D eigenvalue weighted by atomic mass is 79.9. The van der Waals surface area contributed by atoms with Crippen LogP contribution >= 0.6 is 15.9 Å². The summed E-state index contributed by atoms with van der Waals surface area (Å²) in [6.45, 7) is 0. The monoisotopic (exact) mass is 253 g/mol. The van der Waals surface area contributed by atoms with E-state index in [1.807, 2.05) is 18.2 Å². The summed E-state index contributed by atoms with van der Waals surface area (Å²) in [5.41, 5.74) is 0.193. The highest BCUT2D eigenvalue weighted by molar-refractivity contribution is 9.10. The molecule has 1 fully saturated rings. The molecular formula is C10H8BrNO2. The summed E-state index contributed by atoms with van der Waals surface area (Å²) >= 11 is 3.41. The first-order chi connectivity index (χ1) is 6.71. The van der Waals surface area contributed by atoms with Gasteiger partial charge in [-0.1, -0.05) is 6.07 Å². The number of halogens is 1. The molecule has 1 aliphatic carbocycles. The third kappa shape index (κ3) is 1.00. The Balaban J connectivity index is 2.11. The second-order valence-electron chi connectivity index (χ2n) is 3.67. The average Bonchev–Trinajstić information content (AvgIpc) is 2.91. The summed E-state index contributed by atoms with van der Waals surface area (Å²) in [7, 11) is 0. The molecule has 1 N–H and O–H groups in total. The van der Waals surface area contributed by atoms with Gasteiger partial charge < -0.3 is 10.1 Å². The van der Waals surface area contributed by atoms with Gasteiger partial charge in [-0.2, -0.15) is 0 Å². The largest absolute Gasteiger partial charge is 0.474 e. The molecule has 0 radical (unpaired) electrons. The van der Waals surface area contributed by atoms with Gasteiger partial charge >= 0.3 is 0 Å². The van der Waals surface area contributed by atoms with Gasteiger partial charge in [0.2, 0.25) is 0 Å². The molecule has 1 aliphatic heterocycles. The summed E-state index contributed by atoms with van der Waals surface area (Å²) in [5.74, 6) is 0.743. The van der Waals surface area contributed by atoms with Crippen LogP contribution in [-0.2, 0) is 4.79 Å². The maximum atomic E-state index is 11.6. The number of carbonyl (C=O) groups is 1. The van der Waals surface area contributed by atoms with Crippen LogP contribution in [0.1, 0.15) is 12.8 Å². The zero-order chi connectivity index (χ0) is 9.76. The number of hydrogen-bond donors (Lipinski definition) is 1. The minimum atomic E-state index is -0.559. The minimum absolute atomic E-state index is 0.0110. The third-order valence-corrected chi connectivity index (χ3v) is 3.26. The molecule has 1 aromatic carbocycles. The van der Waals surface area contributed by atoms with Crippen molar-refractivity contribution in [3.8, 4) is 5.75 Å². The number of rotatable bonds is 0. The van der Waals surface area contributed by atoms with Crippen molar-refractivity contribution in [3.63, 3.8) is 0 Å². The van der Waals surface area contributed by atoms with Gasteiger partial charge in [-0.05, 0) is 28.1 Å². The Hall–Kier alpha value is -1.03. The number of benzene rings is 1. The molecule has 1 heterocycles. The van der Waals surface area contributed by atoms with Crippen molar-refractivity contribution < 1.29 is 9.53 Å². The molecule has 1 amide bonds. The van der Waals surface area contributed by atoms with E-state index in [1.54, 1.807) is 0 Å². The van der Waals surface area contributed by atoms with Crippen molar-refractivity contribution in [1.29, 1.82) is 0 Å². The number of carbonyl (C=O) groups excluding carboxylic acids is 1.